The predicted molar refractivity (Wildman–Crippen MR) is 125 cm³/mol. The Morgan fingerprint density at radius 2 is 1.00 bits per heavy atom. The summed E-state index contributed by atoms with van der Waals surface area (Å²) in [5.74, 6) is 0. The van der Waals surface area contributed by atoms with E-state index in [-0.39, 0.29) is 0 Å². The predicted octanol–water partition coefficient (Wildman–Crippen LogP) is 7.87. The largest absolute Gasteiger partial charge is 0.0616 e. The van der Waals surface area contributed by atoms with Crippen LogP contribution in [0, 0.1) is 0 Å². The first kappa shape index (κ1) is 15.3. The molecule has 29 heavy (non-hydrogen) atoms. The van der Waals surface area contributed by atoms with Crippen molar-refractivity contribution in [2.45, 2.75) is 6.42 Å². The molecule has 0 amide bonds. The normalized spacial score (nSPS) is 12.7. The van der Waals surface area contributed by atoms with Crippen LogP contribution in [0.3, 0.4) is 0 Å². The Balaban J connectivity index is 1.58. The molecule has 0 saturated carbocycles. The number of hydrogen-bond acceptors (Lipinski definition) is 0. The van der Waals surface area contributed by atoms with Crippen molar-refractivity contribution in [1.29, 1.82) is 0 Å². The molecule has 0 radical (unpaired) electrons. The molecule has 0 heteroatoms. The lowest BCUT2D eigenvalue weighted by atomic mass is 9.93. The van der Waals surface area contributed by atoms with Gasteiger partial charge in [-0.15, -0.1) is 0 Å². The smallest absolute Gasteiger partial charge is 0.00130 e. The van der Waals surface area contributed by atoms with Crippen molar-refractivity contribution in [2.75, 3.05) is 0 Å². The van der Waals surface area contributed by atoms with Gasteiger partial charge in [-0.3, -0.25) is 0 Å². The second-order valence-corrected chi connectivity index (χ2v) is 8.25. The lowest BCUT2D eigenvalue weighted by molar-refractivity contribution is 1.27. The summed E-state index contributed by atoms with van der Waals surface area (Å²) in [4.78, 5) is 0. The van der Waals surface area contributed by atoms with Crippen molar-refractivity contribution >= 4 is 43.1 Å². The summed E-state index contributed by atoms with van der Waals surface area (Å²) in [6, 6.07) is 36.1. The fraction of sp³-hybridized carbons (Fsp3) is 0.0345. The van der Waals surface area contributed by atoms with E-state index >= 15 is 0 Å². The third kappa shape index (κ3) is 2.14. The van der Waals surface area contributed by atoms with Crippen molar-refractivity contribution in [3.8, 4) is 11.1 Å². The van der Waals surface area contributed by atoms with E-state index in [0.717, 1.165) is 6.42 Å². The molecule has 0 heterocycles. The summed E-state index contributed by atoms with van der Waals surface area (Å²) >= 11 is 0. The van der Waals surface area contributed by atoms with Crippen molar-refractivity contribution < 1.29 is 0 Å². The molecule has 0 atom stereocenters. The molecule has 0 N–H and O–H groups in total. The summed E-state index contributed by atoms with van der Waals surface area (Å²) in [6.07, 6.45) is 1.03. The van der Waals surface area contributed by atoms with Crippen molar-refractivity contribution in [3.63, 3.8) is 0 Å². The Hall–Kier alpha value is -3.64. The van der Waals surface area contributed by atoms with Gasteiger partial charge >= 0.3 is 0 Å². The molecule has 1 aliphatic rings. The first-order valence-corrected chi connectivity index (χ1v) is 10.2. The SMILES string of the molecule is c1ccc2cc3c(cc2c1)Cc1ccc2cc4cc5ccccc5cc4cc2c1-3. The molecule has 0 saturated heterocycles. The Morgan fingerprint density at radius 3 is 1.72 bits per heavy atom. The fourth-order valence-corrected chi connectivity index (χ4v) is 5.15. The van der Waals surface area contributed by atoms with Gasteiger partial charge in [0, 0.05) is 0 Å². The fourth-order valence-electron chi connectivity index (χ4n) is 5.15. The maximum atomic E-state index is 2.40. The molecule has 0 spiro atoms. The van der Waals surface area contributed by atoms with Crippen LogP contribution in [-0.2, 0) is 6.42 Å². The minimum Gasteiger partial charge on any atom is -0.0616 e. The van der Waals surface area contributed by atoms with Gasteiger partial charge in [0.2, 0.25) is 0 Å². The maximum Gasteiger partial charge on any atom is -0.00130 e. The van der Waals surface area contributed by atoms with Gasteiger partial charge in [0.1, 0.15) is 0 Å². The summed E-state index contributed by atoms with van der Waals surface area (Å²) in [5, 5.41) is 10.6. The first-order chi connectivity index (χ1) is 14.3. The molecule has 0 unspecified atom stereocenters. The number of hydrogen-bond donors (Lipinski definition) is 0. The van der Waals surface area contributed by atoms with Crippen LogP contribution in [0.25, 0.3) is 54.2 Å². The van der Waals surface area contributed by atoms with E-state index in [0.29, 0.717) is 0 Å². The van der Waals surface area contributed by atoms with E-state index in [9.17, 15) is 0 Å². The molecule has 0 bridgehead atoms. The summed E-state index contributed by atoms with van der Waals surface area (Å²) < 4.78 is 0. The number of rotatable bonds is 0. The highest BCUT2D eigenvalue weighted by Crippen LogP contribution is 2.44. The molecule has 6 aromatic rings. The number of benzene rings is 6. The van der Waals surface area contributed by atoms with Gasteiger partial charge in [-0.05, 0) is 102 Å². The van der Waals surface area contributed by atoms with Crippen molar-refractivity contribution in [3.05, 3.63) is 108 Å². The first-order valence-electron chi connectivity index (χ1n) is 10.2. The van der Waals surface area contributed by atoms with E-state index < -0.39 is 0 Å². The molecular weight excluding hydrogens is 348 g/mol. The molecule has 0 aliphatic heterocycles. The summed E-state index contributed by atoms with van der Waals surface area (Å²) in [6.45, 7) is 0. The average Bonchev–Trinajstić information content (AvgIpc) is 3.12. The zero-order chi connectivity index (χ0) is 18.9. The quantitative estimate of drug-likeness (QED) is 0.240. The van der Waals surface area contributed by atoms with Crippen LogP contribution in [0.1, 0.15) is 11.1 Å². The Kier molecular flexibility index (Phi) is 2.88. The average molecular weight is 366 g/mol. The lowest BCUT2D eigenvalue weighted by Crippen LogP contribution is -1.84. The van der Waals surface area contributed by atoms with E-state index in [1.54, 1.807) is 0 Å². The Morgan fingerprint density at radius 1 is 0.414 bits per heavy atom. The molecule has 0 nitrogen and oxygen atoms in total. The highest BCUT2D eigenvalue weighted by atomic mass is 14.2. The second kappa shape index (κ2) is 5.46. The minimum atomic E-state index is 1.03. The lowest BCUT2D eigenvalue weighted by Gasteiger charge is -2.10. The Labute approximate surface area is 169 Å². The van der Waals surface area contributed by atoms with Gasteiger partial charge in [-0.25, -0.2) is 0 Å². The maximum absolute atomic E-state index is 2.40. The van der Waals surface area contributed by atoms with Crippen LogP contribution in [0.15, 0.2) is 97.1 Å². The third-order valence-corrected chi connectivity index (χ3v) is 6.55. The second-order valence-electron chi connectivity index (χ2n) is 8.25. The van der Waals surface area contributed by atoms with Gasteiger partial charge in [0.15, 0.2) is 0 Å². The minimum absolute atomic E-state index is 1.03. The van der Waals surface area contributed by atoms with E-state index in [1.165, 1.54) is 65.3 Å². The van der Waals surface area contributed by atoms with Gasteiger partial charge in [0.05, 0.1) is 0 Å². The number of fused-ring (bicyclic) bond motifs is 8. The molecule has 1 aliphatic carbocycles. The molecule has 0 fully saturated rings. The van der Waals surface area contributed by atoms with Crippen molar-refractivity contribution in [2.24, 2.45) is 0 Å². The summed E-state index contributed by atoms with van der Waals surface area (Å²) in [5.41, 5.74) is 5.73. The summed E-state index contributed by atoms with van der Waals surface area (Å²) in [7, 11) is 0. The zero-order valence-electron chi connectivity index (χ0n) is 15.9. The van der Waals surface area contributed by atoms with Gasteiger partial charge in [-0.1, -0.05) is 66.7 Å². The van der Waals surface area contributed by atoms with Crippen LogP contribution in [0.2, 0.25) is 0 Å². The van der Waals surface area contributed by atoms with Crippen LogP contribution in [0.4, 0.5) is 0 Å². The molecule has 7 rings (SSSR count). The van der Waals surface area contributed by atoms with E-state index in [1.807, 2.05) is 0 Å². The highest BCUT2D eigenvalue weighted by molar-refractivity contribution is 6.11. The zero-order valence-corrected chi connectivity index (χ0v) is 15.9. The molecule has 0 aromatic heterocycles. The highest BCUT2D eigenvalue weighted by Gasteiger charge is 2.21. The van der Waals surface area contributed by atoms with E-state index in [2.05, 4.69) is 97.1 Å². The Bertz CT molecular complexity index is 1620. The molecular formula is C29H18. The van der Waals surface area contributed by atoms with E-state index in [4.69, 9.17) is 0 Å². The van der Waals surface area contributed by atoms with Crippen molar-refractivity contribution in [1.82, 2.24) is 0 Å². The standard InChI is InChI=1S/C29H18/c1-2-6-19-12-25-17-27-22(14-24(25)11-18(19)5-1)9-10-23-15-26-13-20-7-3-4-8-21(20)16-28(26)29(23)27/h1-14,16-17H,15H2. The third-order valence-electron chi connectivity index (χ3n) is 6.55. The van der Waals surface area contributed by atoms with Crippen LogP contribution < -0.4 is 0 Å². The van der Waals surface area contributed by atoms with Gasteiger partial charge in [-0.2, -0.15) is 0 Å². The molecule has 134 valence electrons. The monoisotopic (exact) mass is 366 g/mol. The van der Waals surface area contributed by atoms with Gasteiger partial charge in [0.25, 0.3) is 0 Å². The topological polar surface area (TPSA) is 0 Å². The molecule has 6 aromatic carbocycles. The van der Waals surface area contributed by atoms with Crippen LogP contribution in [-0.4, -0.2) is 0 Å². The van der Waals surface area contributed by atoms with Crippen LogP contribution >= 0.6 is 0 Å². The van der Waals surface area contributed by atoms with Crippen LogP contribution in [0.5, 0.6) is 0 Å². The van der Waals surface area contributed by atoms with Gasteiger partial charge < -0.3 is 0 Å².